The zero-order chi connectivity index (χ0) is 21.8. The van der Waals surface area contributed by atoms with Gasteiger partial charge >= 0.3 is 12.1 Å². The van der Waals surface area contributed by atoms with Gasteiger partial charge in [-0.25, -0.2) is 9.59 Å². The Balaban J connectivity index is 2.60. The smallest absolute Gasteiger partial charge is 0.412 e. The normalized spacial score (nSPS) is 11.8. The lowest BCUT2D eigenvalue weighted by molar-refractivity contribution is -0.144. The molecule has 6 nitrogen and oxygen atoms in total. The number of amides is 1. The molecule has 0 saturated carbocycles. The topological polar surface area (TPSA) is 84.9 Å². The van der Waals surface area contributed by atoms with Crippen molar-refractivity contribution in [1.82, 2.24) is 0 Å². The van der Waals surface area contributed by atoms with Crippen LogP contribution in [0.4, 0.5) is 10.5 Å². The van der Waals surface area contributed by atoms with Crippen molar-refractivity contribution in [2.45, 2.75) is 77.9 Å². The SMILES string of the molecule is C=C(CCCCCCCC)C(OC(=O)Nc1ccc(Cl)c(OC(C)C)c1)C(=O)O. The average Bonchev–Trinajstić information content (AvgIpc) is 2.64. The van der Waals surface area contributed by atoms with E-state index < -0.39 is 18.2 Å². The summed E-state index contributed by atoms with van der Waals surface area (Å²) in [6, 6.07) is 4.73. The predicted molar refractivity (Wildman–Crippen MR) is 116 cm³/mol. The van der Waals surface area contributed by atoms with Gasteiger partial charge < -0.3 is 14.6 Å². The number of hydrogen-bond donors (Lipinski definition) is 2. The molecular formula is C22H32ClNO5. The van der Waals surface area contributed by atoms with Gasteiger partial charge in [0.25, 0.3) is 0 Å². The minimum atomic E-state index is -1.38. The quantitative estimate of drug-likeness (QED) is 0.280. The average molecular weight is 426 g/mol. The number of carboxylic acid groups (broad SMARTS) is 1. The molecule has 0 spiro atoms. The van der Waals surface area contributed by atoms with E-state index in [9.17, 15) is 14.7 Å². The van der Waals surface area contributed by atoms with Crippen molar-refractivity contribution in [3.05, 3.63) is 35.4 Å². The molecule has 1 unspecified atom stereocenters. The van der Waals surface area contributed by atoms with Crippen LogP contribution in [0.5, 0.6) is 5.75 Å². The Bertz CT molecular complexity index is 690. The van der Waals surface area contributed by atoms with Crippen LogP contribution in [0, 0.1) is 0 Å². The number of benzene rings is 1. The second kappa shape index (κ2) is 13.1. The second-order valence-corrected chi connectivity index (χ2v) is 7.64. The second-order valence-electron chi connectivity index (χ2n) is 7.24. The Morgan fingerprint density at radius 3 is 2.45 bits per heavy atom. The van der Waals surface area contributed by atoms with Gasteiger partial charge in [0.15, 0.2) is 0 Å². The molecule has 0 aliphatic carbocycles. The zero-order valence-electron chi connectivity index (χ0n) is 17.5. The van der Waals surface area contributed by atoms with E-state index in [4.69, 9.17) is 21.1 Å². The summed E-state index contributed by atoms with van der Waals surface area (Å²) in [4.78, 5) is 23.7. The van der Waals surface area contributed by atoms with E-state index in [2.05, 4.69) is 18.8 Å². The number of rotatable bonds is 13. The molecule has 0 aliphatic rings. The van der Waals surface area contributed by atoms with Crippen LogP contribution in [0.15, 0.2) is 30.4 Å². The first-order chi connectivity index (χ1) is 13.7. The molecule has 0 fully saturated rings. The molecule has 7 heteroatoms. The minimum Gasteiger partial charge on any atom is -0.489 e. The first kappa shape index (κ1) is 24.8. The van der Waals surface area contributed by atoms with E-state index in [1.165, 1.54) is 19.3 Å². The summed E-state index contributed by atoms with van der Waals surface area (Å²) in [7, 11) is 0. The lowest BCUT2D eigenvalue weighted by atomic mass is 10.0. The van der Waals surface area contributed by atoms with E-state index in [0.29, 0.717) is 28.5 Å². The van der Waals surface area contributed by atoms with Crippen molar-refractivity contribution in [2.75, 3.05) is 5.32 Å². The van der Waals surface area contributed by atoms with Crippen molar-refractivity contribution in [3.8, 4) is 5.75 Å². The summed E-state index contributed by atoms with van der Waals surface area (Å²) < 4.78 is 10.7. The Morgan fingerprint density at radius 1 is 1.17 bits per heavy atom. The van der Waals surface area contributed by atoms with E-state index in [1.54, 1.807) is 18.2 Å². The van der Waals surface area contributed by atoms with Crippen molar-refractivity contribution in [1.29, 1.82) is 0 Å². The fourth-order valence-electron chi connectivity index (χ4n) is 2.75. The zero-order valence-corrected chi connectivity index (χ0v) is 18.3. The molecule has 1 aromatic rings. The summed E-state index contributed by atoms with van der Waals surface area (Å²) in [6.45, 7) is 9.68. The molecule has 0 saturated heterocycles. The maximum absolute atomic E-state index is 12.2. The van der Waals surface area contributed by atoms with Crippen LogP contribution in [-0.2, 0) is 9.53 Å². The molecule has 0 aliphatic heterocycles. The van der Waals surface area contributed by atoms with Gasteiger partial charge in [-0.15, -0.1) is 0 Å². The summed E-state index contributed by atoms with van der Waals surface area (Å²) >= 11 is 6.07. The molecule has 29 heavy (non-hydrogen) atoms. The number of unbranched alkanes of at least 4 members (excludes halogenated alkanes) is 5. The highest BCUT2D eigenvalue weighted by atomic mass is 35.5. The molecular weight excluding hydrogens is 394 g/mol. The number of ether oxygens (including phenoxy) is 2. The third-order valence-corrected chi connectivity index (χ3v) is 4.52. The fraction of sp³-hybridized carbons (Fsp3) is 0.545. The highest BCUT2D eigenvalue weighted by Gasteiger charge is 2.25. The molecule has 0 heterocycles. The summed E-state index contributed by atoms with van der Waals surface area (Å²) in [5.41, 5.74) is 0.767. The van der Waals surface area contributed by atoms with Crippen LogP contribution in [0.25, 0.3) is 0 Å². The standard InChI is InChI=1S/C22H32ClNO5/c1-5-6-7-8-9-10-11-16(4)20(21(25)26)29-22(27)24-17-12-13-18(23)19(14-17)28-15(2)3/h12-15,20H,4-11H2,1-3H3,(H,24,27)(H,25,26). The van der Waals surface area contributed by atoms with Crippen molar-refractivity contribution >= 4 is 29.4 Å². The number of aliphatic carboxylic acids is 1. The molecule has 0 bridgehead atoms. The number of carbonyl (C=O) groups excluding carboxylic acids is 1. The van der Waals surface area contributed by atoms with Crippen LogP contribution in [0.2, 0.25) is 5.02 Å². The number of carboxylic acids is 1. The fourth-order valence-corrected chi connectivity index (χ4v) is 2.91. The molecule has 0 radical (unpaired) electrons. The van der Waals surface area contributed by atoms with Gasteiger partial charge in [0.2, 0.25) is 6.10 Å². The number of carbonyl (C=O) groups is 2. The van der Waals surface area contributed by atoms with Crippen LogP contribution in [-0.4, -0.2) is 29.4 Å². The Labute approximate surface area is 178 Å². The van der Waals surface area contributed by atoms with Gasteiger partial charge in [0.05, 0.1) is 11.1 Å². The van der Waals surface area contributed by atoms with Crippen LogP contribution >= 0.6 is 11.6 Å². The molecule has 1 atom stereocenters. The van der Waals surface area contributed by atoms with Crippen LogP contribution in [0.1, 0.15) is 65.7 Å². The first-order valence-corrected chi connectivity index (χ1v) is 10.5. The summed E-state index contributed by atoms with van der Waals surface area (Å²) in [5, 5.41) is 12.3. The van der Waals surface area contributed by atoms with Crippen LogP contribution < -0.4 is 10.1 Å². The van der Waals surface area contributed by atoms with E-state index in [-0.39, 0.29) is 6.10 Å². The van der Waals surface area contributed by atoms with Crippen molar-refractivity contribution in [2.24, 2.45) is 0 Å². The summed E-state index contributed by atoms with van der Waals surface area (Å²) in [6.07, 6.45) is 4.65. The number of halogens is 1. The predicted octanol–water partition coefficient (Wildman–Crippen LogP) is 6.44. The van der Waals surface area contributed by atoms with Gasteiger partial charge in [-0.05, 0) is 44.4 Å². The molecule has 1 aromatic carbocycles. The van der Waals surface area contributed by atoms with Gasteiger partial charge in [0, 0.05) is 11.8 Å². The number of nitrogens with one attached hydrogen (secondary N) is 1. The van der Waals surface area contributed by atoms with E-state index >= 15 is 0 Å². The monoisotopic (exact) mass is 425 g/mol. The Kier molecular flexibility index (Phi) is 11.2. The van der Waals surface area contributed by atoms with Crippen molar-refractivity contribution in [3.63, 3.8) is 0 Å². The van der Waals surface area contributed by atoms with E-state index in [0.717, 1.165) is 19.3 Å². The van der Waals surface area contributed by atoms with E-state index in [1.807, 2.05) is 13.8 Å². The lowest BCUT2D eigenvalue weighted by Crippen LogP contribution is -2.31. The highest BCUT2D eigenvalue weighted by molar-refractivity contribution is 6.32. The maximum atomic E-state index is 12.2. The highest BCUT2D eigenvalue weighted by Crippen LogP contribution is 2.29. The van der Waals surface area contributed by atoms with Gasteiger partial charge in [-0.3, -0.25) is 5.32 Å². The van der Waals surface area contributed by atoms with Crippen molar-refractivity contribution < 1.29 is 24.2 Å². The summed E-state index contributed by atoms with van der Waals surface area (Å²) in [5.74, 6) is -0.821. The first-order valence-electron chi connectivity index (χ1n) is 10.1. The van der Waals surface area contributed by atoms with Crippen LogP contribution in [0.3, 0.4) is 0 Å². The minimum absolute atomic E-state index is 0.0867. The third-order valence-electron chi connectivity index (χ3n) is 4.21. The molecule has 1 rings (SSSR count). The van der Waals surface area contributed by atoms with Gasteiger partial charge in [0.1, 0.15) is 5.75 Å². The molecule has 1 amide bonds. The molecule has 0 aromatic heterocycles. The van der Waals surface area contributed by atoms with Gasteiger partial charge in [-0.2, -0.15) is 0 Å². The Hall–Kier alpha value is -2.21. The molecule has 162 valence electrons. The van der Waals surface area contributed by atoms with Gasteiger partial charge in [-0.1, -0.05) is 57.2 Å². The number of hydrogen-bond acceptors (Lipinski definition) is 4. The third kappa shape index (κ3) is 9.70. The maximum Gasteiger partial charge on any atom is 0.412 e. The Morgan fingerprint density at radius 2 is 1.83 bits per heavy atom. The largest absolute Gasteiger partial charge is 0.489 e. The molecule has 2 N–H and O–H groups in total. The lowest BCUT2D eigenvalue weighted by Gasteiger charge is -2.17. The number of anilines is 1.